The van der Waals surface area contributed by atoms with E-state index in [1.165, 1.54) is 12.1 Å². The van der Waals surface area contributed by atoms with Crippen molar-refractivity contribution < 1.29 is 8.42 Å². The van der Waals surface area contributed by atoms with Crippen LogP contribution in [-0.4, -0.2) is 19.7 Å². The van der Waals surface area contributed by atoms with E-state index in [-0.39, 0.29) is 4.90 Å². The minimum absolute atomic E-state index is 0.233. The van der Waals surface area contributed by atoms with Crippen molar-refractivity contribution in [2.75, 3.05) is 11.6 Å². The van der Waals surface area contributed by atoms with Crippen LogP contribution in [0, 0.1) is 0 Å². The topological polar surface area (TPSA) is 59.1 Å². The van der Waals surface area contributed by atoms with Crippen LogP contribution >= 0.6 is 27.5 Å². The molecule has 0 aliphatic heterocycles. The van der Waals surface area contributed by atoms with Gasteiger partial charge < -0.3 is 5.32 Å². The lowest BCUT2D eigenvalue weighted by Crippen LogP contribution is -2.03. The van der Waals surface area contributed by atoms with Crippen LogP contribution in [0.3, 0.4) is 0 Å². The van der Waals surface area contributed by atoms with E-state index in [4.69, 9.17) is 11.6 Å². The average Bonchev–Trinajstić information content (AvgIpc) is 2.36. The molecule has 2 rings (SSSR count). The molecule has 0 spiro atoms. The second-order valence-electron chi connectivity index (χ2n) is 4.28. The summed E-state index contributed by atoms with van der Waals surface area (Å²) in [4.78, 5) is 4.29. The van der Waals surface area contributed by atoms with E-state index < -0.39 is 9.84 Å². The Balaban J connectivity index is 2.21. The number of aromatic nitrogens is 1. The molecule has 0 radical (unpaired) electrons. The van der Waals surface area contributed by atoms with Gasteiger partial charge in [0.2, 0.25) is 0 Å². The molecule has 0 amide bonds. The highest BCUT2D eigenvalue weighted by atomic mass is 79.9. The van der Waals surface area contributed by atoms with Gasteiger partial charge in [0.25, 0.3) is 0 Å². The predicted molar refractivity (Wildman–Crippen MR) is 83.8 cm³/mol. The quantitative estimate of drug-likeness (QED) is 0.888. The molecule has 2 aromatic rings. The zero-order chi connectivity index (χ0) is 14.8. The minimum Gasteiger partial charge on any atom is -0.380 e. The molecular formula is C13H12BrClN2O2S. The lowest BCUT2D eigenvalue weighted by molar-refractivity contribution is 0.602. The third-order valence-electron chi connectivity index (χ3n) is 2.61. The molecule has 7 heteroatoms. The summed E-state index contributed by atoms with van der Waals surface area (Å²) in [5.74, 6) is 0. The number of halogens is 2. The maximum absolute atomic E-state index is 11.5. The molecule has 0 bridgehead atoms. The number of hydrogen-bond acceptors (Lipinski definition) is 4. The van der Waals surface area contributed by atoms with Gasteiger partial charge in [-0.2, -0.15) is 0 Å². The van der Waals surface area contributed by atoms with Crippen molar-refractivity contribution in [3.8, 4) is 0 Å². The summed E-state index contributed by atoms with van der Waals surface area (Å²) in [6, 6.07) is 6.51. The van der Waals surface area contributed by atoms with Gasteiger partial charge in [-0.05, 0) is 45.8 Å². The highest BCUT2D eigenvalue weighted by Gasteiger charge is 2.10. The summed E-state index contributed by atoms with van der Waals surface area (Å²) in [5.41, 5.74) is 1.54. The Kier molecular flexibility index (Phi) is 4.67. The van der Waals surface area contributed by atoms with Crippen LogP contribution in [0.4, 0.5) is 5.69 Å². The largest absolute Gasteiger partial charge is 0.380 e. The predicted octanol–water partition coefficient (Wildman–Crippen LogP) is 3.51. The molecule has 1 N–H and O–H groups in total. The summed E-state index contributed by atoms with van der Waals surface area (Å²) in [6.07, 6.45) is 4.59. The van der Waals surface area contributed by atoms with Gasteiger partial charge in [0.15, 0.2) is 9.84 Å². The first-order valence-corrected chi connectivity index (χ1v) is 8.75. The molecule has 1 heterocycles. The van der Waals surface area contributed by atoms with E-state index in [9.17, 15) is 8.42 Å². The van der Waals surface area contributed by atoms with Gasteiger partial charge in [-0.15, -0.1) is 0 Å². The van der Waals surface area contributed by atoms with Crippen LogP contribution in [0.5, 0.6) is 0 Å². The Morgan fingerprint density at radius 2 is 2.05 bits per heavy atom. The second kappa shape index (κ2) is 6.11. The lowest BCUT2D eigenvalue weighted by atomic mass is 10.2. The van der Waals surface area contributed by atoms with Crippen LogP contribution in [0.1, 0.15) is 5.56 Å². The number of hydrogen-bond donors (Lipinski definition) is 1. The SMILES string of the molecule is CS(=O)(=O)c1ccc(Cl)c(NCc2cncc(Br)c2)c1. The molecule has 0 aliphatic rings. The first kappa shape index (κ1) is 15.3. The summed E-state index contributed by atoms with van der Waals surface area (Å²) in [5, 5.41) is 3.58. The van der Waals surface area contributed by atoms with Crippen molar-refractivity contribution in [3.63, 3.8) is 0 Å². The van der Waals surface area contributed by atoms with E-state index in [0.29, 0.717) is 17.3 Å². The van der Waals surface area contributed by atoms with Crippen molar-refractivity contribution in [2.24, 2.45) is 0 Å². The van der Waals surface area contributed by atoms with E-state index in [1.807, 2.05) is 6.07 Å². The van der Waals surface area contributed by atoms with Crippen molar-refractivity contribution >= 4 is 43.1 Å². The molecule has 0 unspecified atom stereocenters. The number of rotatable bonds is 4. The number of pyridine rings is 1. The van der Waals surface area contributed by atoms with Crippen molar-refractivity contribution in [2.45, 2.75) is 11.4 Å². The van der Waals surface area contributed by atoms with Crippen LogP contribution in [-0.2, 0) is 16.4 Å². The summed E-state index contributed by atoms with van der Waals surface area (Å²) in [7, 11) is -3.25. The highest BCUT2D eigenvalue weighted by Crippen LogP contribution is 2.25. The van der Waals surface area contributed by atoms with Gasteiger partial charge in [0.05, 0.1) is 15.6 Å². The maximum atomic E-state index is 11.5. The van der Waals surface area contributed by atoms with Gasteiger partial charge >= 0.3 is 0 Å². The molecule has 106 valence electrons. The zero-order valence-electron chi connectivity index (χ0n) is 10.6. The van der Waals surface area contributed by atoms with Crippen LogP contribution in [0.2, 0.25) is 5.02 Å². The summed E-state index contributed by atoms with van der Waals surface area (Å²) in [6.45, 7) is 0.499. The van der Waals surface area contributed by atoms with E-state index in [2.05, 4.69) is 26.2 Å². The van der Waals surface area contributed by atoms with E-state index in [1.54, 1.807) is 18.5 Å². The average molecular weight is 376 g/mol. The number of nitrogens with one attached hydrogen (secondary N) is 1. The first-order valence-electron chi connectivity index (χ1n) is 5.69. The fourth-order valence-corrected chi connectivity index (χ4v) is 2.86. The van der Waals surface area contributed by atoms with Crippen LogP contribution < -0.4 is 5.32 Å². The first-order chi connectivity index (χ1) is 9.36. The fraction of sp³-hybridized carbons (Fsp3) is 0.154. The summed E-state index contributed by atoms with van der Waals surface area (Å²) < 4.78 is 23.9. The Labute approximate surface area is 131 Å². The Bertz CT molecular complexity index is 735. The molecule has 4 nitrogen and oxygen atoms in total. The molecular weight excluding hydrogens is 364 g/mol. The zero-order valence-corrected chi connectivity index (χ0v) is 13.8. The lowest BCUT2D eigenvalue weighted by Gasteiger charge is -2.10. The molecule has 1 aromatic carbocycles. The minimum atomic E-state index is -3.25. The van der Waals surface area contributed by atoms with Crippen molar-refractivity contribution in [3.05, 3.63) is 51.7 Å². The Morgan fingerprint density at radius 1 is 1.30 bits per heavy atom. The van der Waals surface area contributed by atoms with Gasteiger partial charge in [-0.1, -0.05) is 11.6 Å². The number of anilines is 1. The second-order valence-corrected chi connectivity index (χ2v) is 7.62. The number of benzene rings is 1. The van der Waals surface area contributed by atoms with E-state index >= 15 is 0 Å². The molecule has 0 saturated carbocycles. The molecule has 20 heavy (non-hydrogen) atoms. The molecule has 0 fully saturated rings. The highest BCUT2D eigenvalue weighted by molar-refractivity contribution is 9.10. The van der Waals surface area contributed by atoms with Crippen LogP contribution in [0.15, 0.2) is 46.0 Å². The van der Waals surface area contributed by atoms with Crippen molar-refractivity contribution in [1.29, 1.82) is 0 Å². The Hall–Kier alpha value is -1.11. The molecule has 1 aromatic heterocycles. The number of sulfone groups is 1. The van der Waals surface area contributed by atoms with Gasteiger partial charge in [0, 0.05) is 29.7 Å². The third kappa shape index (κ3) is 3.94. The normalized spacial score (nSPS) is 11.3. The van der Waals surface area contributed by atoms with Gasteiger partial charge in [0.1, 0.15) is 0 Å². The van der Waals surface area contributed by atoms with Crippen LogP contribution in [0.25, 0.3) is 0 Å². The monoisotopic (exact) mass is 374 g/mol. The molecule has 0 saturated heterocycles. The molecule has 0 aliphatic carbocycles. The standard InChI is InChI=1S/C13H12BrClN2O2S/c1-20(18,19)11-2-3-12(15)13(5-11)17-7-9-4-10(14)8-16-6-9/h2-6,8,17H,7H2,1H3. The third-order valence-corrected chi connectivity index (χ3v) is 4.48. The van der Waals surface area contributed by atoms with Gasteiger partial charge in [-0.3, -0.25) is 4.98 Å². The summed E-state index contributed by atoms with van der Waals surface area (Å²) >= 11 is 9.41. The fourth-order valence-electron chi connectivity index (χ4n) is 1.62. The molecule has 0 atom stereocenters. The maximum Gasteiger partial charge on any atom is 0.175 e. The Morgan fingerprint density at radius 3 is 2.70 bits per heavy atom. The van der Waals surface area contributed by atoms with Crippen molar-refractivity contribution in [1.82, 2.24) is 4.98 Å². The smallest absolute Gasteiger partial charge is 0.175 e. The number of nitrogens with zero attached hydrogens (tertiary/aromatic N) is 1. The van der Waals surface area contributed by atoms with Gasteiger partial charge in [-0.25, -0.2) is 8.42 Å². The van der Waals surface area contributed by atoms with E-state index in [0.717, 1.165) is 16.3 Å².